The lowest BCUT2D eigenvalue weighted by atomic mass is 10.1. The number of anilines is 1. The molecule has 7 heteroatoms. The molecule has 3 rings (SSSR count). The number of benzene rings is 1. The van der Waals surface area contributed by atoms with Crippen LogP contribution in [0.5, 0.6) is 0 Å². The fraction of sp³-hybridized carbons (Fsp3) is 0.579. The van der Waals surface area contributed by atoms with E-state index in [0.717, 1.165) is 68.8 Å². The molecule has 1 amide bonds. The van der Waals surface area contributed by atoms with Gasteiger partial charge in [-0.05, 0) is 37.5 Å². The number of likely N-dealkylation sites (tertiary alicyclic amines) is 1. The number of aliphatic imine (C=N–C) groups is 1. The summed E-state index contributed by atoms with van der Waals surface area (Å²) in [5.74, 6) is 0.976. The van der Waals surface area contributed by atoms with Crippen molar-refractivity contribution in [3.63, 3.8) is 0 Å². The average molecular weight is 378 g/mol. The first-order valence-corrected chi connectivity index (χ1v) is 9.79. The summed E-state index contributed by atoms with van der Waals surface area (Å²) in [6.45, 7) is 5.63. The molecule has 2 saturated heterocycles. The molecule has 1 aromatic rings. The van der Waals surface area contributed by atoms with Crippen molar-refractivity contribution in [2.45, 2.75) is 19.3 Å². The Morgan fingerprint density at radius 1 is 1.08 bits per heavy atom. The average Bonchev–Trinajstić information content (AvgIpc) is 2.69. The molecule has 0 aromatic heterocycles. The number of carbonyl (C=O) groups excluding carboxylic acids is 1. The molecule has 2 heterocycles. The van der Waals surface area contributed by atoms with E-state index in [2.05, 4.69) is 26.2 Å². The second-order valence-corrected chi connectivity index (χ2v) is 7.23. The number of guanidine groups is 1. The number of carbonyl (C=O) groups is 1. The maximum atomic E-state index is 12.3. The topological polar surface area (TPSA) is 51.2 Å². The van der Waals surface area contributed by atoms with Crippen molar-refractivity contribution < 1.29 is 4.79 Å². The molecule has 0 saturated carbocycles. The van der Waals surface area contributed by atoms with Crippen LogP contribution >= 0.6 is 11.6 Å². The predicted molar refractivity (Wildman–Crippen MR) is 107 cm³/mol. The Bertz CT molecular complexity index is 637. The van der Waals surface area contributed by atoms with Crippen LogP contribution in [0.15, 0.2) is 29.3 Å². The van der Waals surface area contributed by atoms with Crippen LogP contribution in [-0.4, -0.2) is 74.5 Å². The monoisotopic (exact) mass is 377 g/mol. The van der Waals surface area contributed by atoms with Crippen LogP contribution in [-0.2, 0) is 4.79 Å². The number of nitrogens with zero attached hydrogens (tertiary/aromatic N) is 4. The van der Waals surface area contributed by atoms with E-state index in [-0.39, 0.29) is 5.91 Å². The number of nitrogens with one attached hydrogen (secondary N) is 1. The molecule has 2 aliphatic rings. The van der Waals surface area contributed by atoms with Gasteiger partial charge in [-0.15, -0.1) is 0 Å². The van der Waals surface area contributed by atoms with Crippen LogP contribution in [0, 0.1) is 0 Å². The highest BCUT2D eigenvalue weighted by Crippen LogP contribution is 2.20. The molecule has 0 radical (unpaired) electrons. The smallest absolute Gasteiger partial charge is 0.241 e. The lowest BCUT2D eigenvalue weighted by Gasteiger charge is -2.38. The molecular weight excluding hydrogens is 350 g/mol. The number of hydrogen-bond acceptors (Lipinski definition) is 3. The highest BCUT2D eigenvalue weighted by Gasteiger charge is 2.21. The summed E-state index contributed by atoms with van der Waals surface area (Å²) in [4.78, 5) is 23.2. The second kappa shape index (κ2) is 9.12. The molecule has 0 aliphatic carbocycles. The molecule has 2 fully saturated rings. The number of halogens is 1. The third-order valence-corrected chi connectivity index (χ3v) is 5.31. The first-order valence-electron chi connectivity index (χ1n) is 9.41. The van der Waals surface area contributed by atoms with Crippen molar-refractivity contribution in [2.24, 2.45) is 4.99 Å². The summed E-state index contributed by atoms with van der Waals surface area (Å²) in [7, 11) is 1.77. The molecule has 0 atom stereocenters. The van der Waals surface area contributed by atoms with Gasteiger partial charge >= 0.3 is 0 Å². The molecule has 26 heavy (non-hydrogen) atoms. The Morgan fingerprint density at radius 2 is 1.81 bits per heavy atom. The zero-order chi connectivity index (χ0) is 18.4. The van der Waals surface area contributed by atoms with Crippen LogP contribution in [0.1, 0.15) is 19.3 Å². The summed E-state index contributed by atoms with van der Waals surface area (Å²) < 4.78 is 0. The van der Waals surface area contributed by atoms with Crippen molar-refractivity contribution in [1.29, 1.82) is 0 Å². The van der Waals surface area contributed by atoms with Crippen LogP contribution in [0.25, 0.3) is 0 Å². The van der Waals surface area contributed by atoms with E-state index in [4.69, 9.17) is 11.6 Å². The lowest BCUT2D eigenvalue weighted by molar-refractivity contribution is -0.130. The highest BCUT2D eigenvalue weighted by atomic mass is 35.5. The molecule has 0 unspecified atom stereocenters. The lowest BCUT2D eigenvalue weighted by Crippen LogP contribution is -2.54. The van der Waals surface area contributed by atoms with Gasteiger partial charge < -0.3 is 20.0 Å². The van der Waals surface area contributed by atoms with Gasteiger partial charge in [-0.2, -0.15) is 0 Å². The molecule has 0 bridgehead atoms. The minimum atomic E-state index is 0.170. The van der Waals surface area contributed by atoms with Gasteiger partial charge in [-0.25, -0.2) is 0 Å². The number of hydrogen-bond donors (Lipinski definition) is 1. The Morgan fingerprint density at radius 3 is 2.46 bits per heavy atom. The molecule has 1 aromatic carbocycles. The van der Waals surface area contributed by atoms with Gasteiger partial charge in [0.2, 0.25) is 5.91 Å². The largest absolute Gasteiger partial charge is 0.368 e. The van der Waals surface area contributed by atoms with Crippen molar-refractivity contribution >= 4 is 29.2 Å². The van der Waals surface area contributed by atoms with E-state index >= 15 is 0 Å². The van der Waals surface area contributed by atoms with E-state index in [1.165, 1.54) is 6.42 Å². The zero-order valence-electron chi connectivity index (χ0n) is 15.5. The molecule has 0 spiro atoms. The van der Waals surface area contributed by atoms with E-state index in [0.29, 0.717) is 6.54 Å². The van der Waals surface area contributed by atoms with Gasteiger partial charge in [0.1, 0.15) is 0 Å². The second-order valence-electron chi connectivity index (χ2n) is 6.80. The van der Waals surface area contributed by atoms with Gasteiger partial charge in [-0.3, -0.25) is 9.79 Å². The van der Waals surface area contributed by atoms with Crippen LogP contribution < -0.4 is 10.2 Å². The van der Waals surface area contributed by atoms with Crippen LogP contribution in [0.3, 0.4) is 0 Å². The van der Waals surface area contributed by atoms with Gasteiger partial charge in [0.15, 0.2) is 5.96 Å². The van der Waals surface area contributed by atoms with Gasteiger partial charge in [0.25, 0.3) is 0 Å². The van der Waals surface area contributed by atoms with Gasteiger partial charge in [0, 0.05) is 57.0 Å². The van der Waals surface area contributed by atoms with E-state index in [9.17, 15) is 4.79 Å². The standard InChI is InChI=1S/C19H28ClN5O/c1-21-19(22-15-18(26)24-8-3-2-4-9-24)25-12-10-23(11-13-25)17-7-5-6-16(20)14-17/h5-7,14H,2-4,8-13,15H2,1H3,(H,21,22). The summed E-state index contributed by atoms with van der Waals surface area (Å²) >= 11 is 6.10. The van der Waals surface area contributed by atoms with E-state index in [1.54, 1.807) is 7.05 Å². The summed E-state index contributed by atoms with van der Waals surface area (Å²) in [5, 5.41) is 4.01. The summed E-state index contributed by atoms with van der Waals surface area (Å²) in [6.07, 6.45) is 3.47. The zero-order valence-corrected chi connectivity index (χ0v) is 16.2. The van der Waals surface area contributed by atoms with Crippen LogP contribution in [0.4, 0.5) is 5.69 Å². The third kappa shape index (κ3) is 4.81. The number of rotatable bonds is 3. The normalized spacial score (nSPS) is 18.8. The first kappa shape index (κ1) is 18.8. The van der Waals surface area contributed by atoms with E-state index < -0.39 is 0 Å². The maximum absolute atomic E-state index is 12.3. The Hall–Kier alpha value is -1.95. The first-order chi connectivity index (χ1) is 12.7. The number of piperidine rings is 1. The van der Waals surface area contributed by atoms with Crippen molar-refractivity contribution in [1.82, 2.24) is 15.1 Å². The van der Waals surface area contributed by atoms with Crippen molar-refractivity contribution in [2.75, 3.05) is 57.8 Å². The summed E-state index contributed by atoms with van der Waals surface area (Å²) in [6, 6.07) is 7.97. The Labute approximate surface area is 160 Å². The molecule has 142 valence electrons. The molecule has 2 aliphatic heterocycles. The SMILES string of the molecule is CN=C(NCC(=O)N1CCCCC1)N1CCN(c2cccc(Cl)c2)CC1. The number of amides is 1. The highest BCUT2D eigenvalue weighted by molar-refractivity contribution is 6.30. The van der Waals surface area contributed by atoms with Gasteiger partial charge in [0.05, 0.1) is 6.54 Å². The Kier molecular flexibility index (Phi) is 6.61. The minimum Gasteiger partial charge on any atom is -0.368 e. The quantitative estimate of drug-likeness (QED) is 0.647. The van der Waals surface area contributed by atoms with Crippen LogP contribution in [0.2, 0.25) is 5.02 Å². The van der Waals surface area contributed by atoms with E-state index in [1.807, 2.05) is 23.1 Å². The molecular formula is C19H28ClN5O. The molecule has 1 N–H and O–H groups in total. The predicted octanol–water partition coefficient (Wildman–Crippen LogP) is 2.05. The third-order valence-electron chi connectivity index (χ3n) is 5.07. The maximum Gasteiger partial charge on any atom is 0.241 e. The molecule has 6 nitrogen and oxygen atoms in total. The van der Waals surface area contributed by atoms with Crippen molar-refractivity contribution in [3.8, 4) is 0 Å². The van der Waals surface area contributed by atoms with Crippen molar-refractivity contribution in [3.05, 3.63) is 29.3 Å². The minimum absolute atomic E-state index is 0.170. The summed E-state index contributed by atoms with van der Waals surface area (Å²) in [5.41, 5.74) is 1.15. The number of piperazine rings is 1. The fourth-order valence-corrected chi connectivity index (χ4v) is 3.78. The Balaban J connectivity index is 1.48. The fourth-order valence-electron chi connectivity index (χ4n) is 3.59. The van der Waals surface area contributed by atoms with Gasteiger partial charge in [-0.1, -0.05) is 17.7 Å².